The quantitative estimate of drug-likeness (QED) is 0.837. The van der Waals surface area contributed by atoms with Crippen LogP contribution in [0.25, 0.3) is 0 Å². The SMILES string of the molecule is COc1cccc(C(=O)N(C)Cc2ccc(C(=O)NCC(F)(F)F)cc2)c1. The van der Waals surface area contributed by atoms with Gasteiger partial charge in [0.1, 0.15) is 12.3 Å². The van der Waals surface area contributed by atoms with E-state index in [0.717, 1.165) is 5.56 Å². The Morgan fingerprint density at radius 1 is 1.07 bits per heavy atom. The van der Waals surface area contributed by atoms with E-state index in [1.165, 1.54) is 24.1 Å². The average Bonchev–Trinajstić information content (AvgIpc) is 2.65. The first kappa shape index (κ1) is 20.3. The number of amides is 2. The fraction of sp³-hybridized carbons (Fsp3) is 0.263. The number of ether oxygens (including phenoxy) is 1. The maximum Gasteiger partial charge on any atom is 0.405 e. The fourth-order valence-electron chi connectivity index (χ4n) is 2.37. The molecule has 2 rings (SSSR count). The molecular formula is C19H19F3N2O3. The molecule has 5 nitrogen and oxygen atoms in total. The Kier molecular flexibility index (Phi) is 6.44. The molecular weight excluding hydrogens is 361 g/mol. The van der Waals surface area contributed by atoms with Crippen molar-refractivity contribution in [2.24, 2.45) is 0 Å². The largest absolute Gasteiger partial charge is 0.497 e. The van der Waals surface area contributed by atoms with Crippen LogP contribution in [0.1, 0.15) is 26.3 Å². The summed E-state index contributed by atoms with van der Waals surface area (Å²) >= 11 is 0. The van der Waals surface area contributed by atoms with Crippen LogP contribution in [-0.2, 0) is 6.54 Å². The minimum atomic E-state index is -4.46. The third-order valence-corrected chi connectivity index (χ3v) is 3.75. The van der Waals surface area contributed by atoms with Crippen LogP contribution in [-0.4, -0.2) is 43.6 Å². The average molecular weight is 380 g/mol. The van der Waals surface area contributed by atoms with Gasteiger partial charge in [0, 0.05) is 24.7 Å². The Morgan fingerprint density at radius 2 is 1.74 bits per heavy atom. The lowest BCUT2D eigenvalue weighted by Gasteiger charge is -2.18. The second-order valence-electron chi connectivity index (χ2n) is 5.89. The molecule has 0 atom stereocenters. The van der Waals surface area contributed by atoms with Gasteiger partial charge in [-0.05, 0) is 35.9 Å². The van der Waals surface area contributed by atoms with Gasteiger partial charge < -0.3 is 15.0 Å². The Bertz CT molecular complexity index is 805. The molecule has 8 heteroatoms. The number of methoxy groups -OCH3 is 1. The highest BCUT2D eigenvalue weighted by molar-refractivity contribution is 5.95. The van der Waals surface area contributed by atoms with Crippen molar-refractivity contribution in [1.29, 1.82) is 0 Å². The minimum absolute atomic E-state index is 0.116. The van der Waals surface area contributed by atoms with Gasteiger partial charge in [-0.2, -0.15) is 13.2 Å². The van der Waals surface area contributed by atoms with Gasteiger partial charge in [0.05, 0.1) is 7.11 Å². The monoisotopic (exact) mass is 380 g/mol. The van der Waals surface area contributed by atoms with Gasteiger partial charge in [-0.25, -0.2) is 0 Å². The van der Waals surface area contributed by atoms with Crippen LogP contribution in [0.15, 0.2) is 48.5 Å². The summed E-state index contributed by atoms with van der Waals surface area (Å²) in [6.07, 6.45) is -4.46. The zero-order chi connectivity index (χ0) is 20.0. The van der Waals surface area contributed by atoms with Gasteiger partial charge in [0.2, 0.25) is 0 Å². The molecule has 0 unspecified atom stereocenters. The molecule has 2 aromatic rings. The molecule has 0 saturated carbocycles. The molecule has 27 heavy (non-hydrogen) atoms. The normalized spacial score (nSPS) is 11.0. The molecule has 0 aromatic heterocycles. The van der Waals surface area contributed by atoms with Gasteiger partial charge in [-0.15, -0.1) is 0 Å². The Morgan fingerprint density at radius 3 is 2.33 bits per heavy atom. The first-order chi connectivity index (χ1) is 12.7. The van der Waals surface area contributed by atoms with Crippen LogP contribution >= 0.6 is 0 Å². The lowest BCUT2D eigenvalue weighted by Crippen LogP contribution is -2.33. The molecule has 144 valence electrons. The number of alkyl halides is 3. The zero-order valence-corrected chi connectivity index (χ0v) is 14.8. The van der Waals surface area contributed by atoms with E-state index in [-0.39, 0.29) is 18.0 Å². The summed E-state index contributed by atoms with van der Waals surface area (Å²) in [5.74, 6) is -0.441. The predicted molar refractivity (Wildman–Crippen MR) is 93.6 cm³/mol. The van der Waals surface area contributed by atoms with Crippen LogP contribution in [0.2, 0.25) is 0 Å². The van der Waals surface area contributed by atoms with Crippen molar-refractivity contribution < 1.29 is 27.5 Å². The van der Waals surface area contributed by atoms with E-state index in [1.807, 2.05) is 5.32 Å². The summed E-state index contributed by atoms with van der Waals surface area (Å²) in [4.78, 5) is 25.7. The van der Waals surface area contributed by atoms with Crippen molar-refractivity contribution in [1.82, 2.24) is 10.2 Å². The number of hydrogen-bond acceptors (Lipinski definition) is 3. The number of carbonyl (C=O) groups is 2. The van der Waals surface area contributed by atoms with Crippen molar-refractivity contribution in [3.63, 3.8) is 0 Å². The molecule has 0 bridgehead atoms. The van der Waals surface area contributed by atoms with Gasteiger partial charge >= 0.3 is 6.18 Å². The van der Waals surface area contributed by atoms with E-state index in [0.29, 0.717) is 11.3 Å². The highest BCUT2D eigenvalue weighted by atomic mass is 19.4. The summed E-state index contributed by atoms with van der Waals surface area (Å²) in [6.45, 7) is -1.11. The molecule has 0 spiro atoms. The summed E-state index contributed by atoms with van der Waals surface area (Å²) in [5, 5.41) is 1.81. The second-order valence-corrected chi connectivity index (χ2v) is 5.89. The molecule has 0 heterocycles. The van der Waals surface area contributed by atoms with Crippen LogP contribution in [0, 0.1) is 0 Å². The molecule has 0 radical (unpaired) electrons. The zero-order valence-electron chi connectivity index (χ0n) is 14.8. The smallest absolute Gasteiger partial charge is 0.405 e. The highest BCUT2D eigenvalue weighted by Gasteiger charge is 2.27. The number of benzene rings is 2. The molecule has 2 aromatic carbocycles. The molecule has 0 fully saturated rings. The molecule has 0 aliphatic rings. The maximum absolute atomic E-state index is 12.5. The lowest BCUT2D eigenvalue weighted by atomic mass is 10.1. The van der Waals surface area contributed by atoms with E-state index in [9.17, 15) is 22.8 Å². The molecule has 0 aliphatic heterocycles. The van der Waals surface area contributed by atoms with E-state index >= 15 is 0 Å². The topological polar surface area (TPSA) is 58.6 Å². The molecule has 2 amide bonds. The number of nitrogens with one attached hydrogen (secondary N) is 1. The first-order valence-electron chi connectivity index (χ1n) is 8.03. The van der Waals surface area contributed by atoms with E-state index < -0.39 is 18.6 Å². The highest BCUT2D eigenvalue weighted by Crippen LogP contribution is 2.16. The van der Waals surface area contributed by atoms with Crippen molar-refractivity contribution >= 4 is 11.8 Å². The van der Waals surface area contributed by atoms with Crippen LogP contribution < -0.4 is 10.1 Å². The number of nitrogens with zero attached hydrogens (tertiary/aromatic N) is 1. The van der Waals surface area contributed by atoms with Gasteiger partial charge in [-0.3, -0.25) is 9.59 Å². The third-order valence-electron chi connectivity index (χ3n) is 3.75. The van der Waals surface area contributed by atoms with E-state index in [2.05, 4.69) is 0 Å². The van der Waals surface area contributed by atoms with Crippen LogP contribution in [0.5, 0.6) is 5.75 Å². The molecule has 0 saturated heterocycles. The van der Waals surface area contributed by atoms with E-state index in [4.69, 9.17) is 4.74 Å². The summed E-state index contributed by atoms with van der Waals surface area (Å²) in [5.41, 5.74) is 1.32. The fourth-order valence-corrected chi connectivity index (χ4v) is 2.37. The Hall–Kier alpha value is -3.03. The third kappa shape index (κ3) is 6.02. The van der Waals surface area contributed by atoms with Crippen molar-refractivity contribution in [3.8, 4) is 5.75 Å². The molecule has 1 N–H and O–H groups in total. The number of halogens is 3. The van der Waals surface area contributed by atoms with Gasteiger partial charge in [0.25, 0.3) is 11.8 Å². The predicted octanol–water partition coefficient (Wildman–Crippen LogP) is 3.26. The van der Waals surface area contributed by atoms with Crippen LogP contribution in [0.4, 0.5) is 13.2 Å². The standard InChI is InChI=1S/C19H19F3N2O3/c1-24(18(26)15-4-3-5-16(10-15)27-2)11-13-6-8-14(9-7-13)17(25)23-12-19(20,21)22/h3-10H,11-12H2,1-2H3,(H,23,25). The summed E-state index contributed by atoms with van der Waals surface area (Å²) in [6, 6.07) is 12.8. The molecule has 0 aliphatic carbocycles. The number of hydrogen-bond donors (Lipinski definition) is 1. The van der Waals surface area contributed by atoms with Gasteiger partial charge in [0.15, 0.2) is 0 Å². The van der Waals surface area contributed by atoms with Crippen molar-refractivity contribution in [2.45, 2.75) is 12.7 Å². The Labute approximate surface area is 154 Å². The second kappa shape index (κ2) is 8.57. The number of rotatable bonds is 6. The van der Waals surface area contributed by atoms with Crippen molar-refractivity contribution in [2.75, 3.05) is 20.7 Å². The summed E-state index contributed by atoms with van der Waals surface area (Å²) < 4.78 is 41.5. The summed E-state index contributed by atoms with van der Waals surface area (Å²) in [7, 11) is 3.14. The Balaban J connectivity index is 1.98. The lowest BCUT2D eigenvalue weighted by molar-refractivity contribution is -0.123. The van der Waals surface area contributed by atoms with Crippen LogP contribution in [0.3, 0.4) is 0 Å². The first-order valence-corrected chi connectivity index (χ1v) is 8.03. The minimum Gasteiger partial charge on any atom is -0.497 e. The number of carbonyl (C=O) groups excluding carboxylic acids is 2. The van der Waals surface area contributed by atoms with Crippen molar-refractivity contribution in [3.05, 3.63) is 65.2 Å². The van der Waals surface area contributed by atoms with E-state index in [1.54, 1.807) is 43.4 Å². The van der Waals surface area contributed by atoms with Gasteiger partial charge in [-0.1, -0.05) is 18.2 Å². The maximum atomic E-state index is 12.5.